The van der Waals surface area contributed by atoms with Crippen molar-refractivity contribution in [3.63, 3.8) is 0 Å². The van der Waals surface area contributed by atoms with Gasteiger partial charge in [0, 0.05) is 13.1 Å². The molecule has 1 N–H and O–H groups in total. The van der Waals surface area contributed by atoms with Crippen LogP contribution in [0.4, 0.5) is 4.79 Å². The minimum Gasteiger partial charge on any atom is -0.444 e. The monoisotopic (exact) mass is 230 g/mol. The van der Waals surface area contributed by atoms with Crippen molar-refractivity contribution in [2.24, 2.45) is 5.41 Å². The highest BCUT2D eigenvalue weighted by Crippen LogP contribution is 2.14. The minimum absolute atomic E-state index is 0.0421. The summed E-state index contributed by atoms with van der Waals surface area (Å²) in [6.07, 6.45) is -0.348. The maximum absolute atomic E-state index is 11.4. The van der Waals surface area contributed by atoms with Crippen molar-refractivity contribution in [2.45, 2.75) is 40.2 Å². The largest absolute Gasteiger partial charge is 0.444 e. The number of carbonyl (C=O) groups excluding carboxylic acids is 1. The van der Waals surface area contributed by atoms with Crippen LogP contribution in [0.5, 0.6) is 0 Å². The van der Waals surface area contributed by atoms with Gasteiger partial charge in [-0.2, -0.15) is 0 Å². The van der Waals surface area contributed by atoms with Gasteiger partial charge in [-0.05, 0) is 40.3 Å². The Morgan fingerprint density at radius 3 is 2.06 bits per heavy atom. The molecule has 0 aromatic heterocycles. The molecule has 96 valence electrons. The number of ether oxygens (including phenoxy) is 1. The van der Waals surface area contributed by atoms with E-state index in [2.05, 4.69) is 24.1 Å². The SMILES string of the molecule is CN(C)CC(C)(C)CNC(=O)OC(C)(C)C. The zero-order valence-corrected chi connectivity index (χ0v) is 11.7. The summed E-state index contributed by atoms with van der Waals surface area (Å²) in [4.78, 5) is 13.6. The van der Waals surface area contributed by atoms with Crippen LogP contribution in [0, 0.1) is 5.41 Å². The van der Waals surface area contributed by atoms with Crippen LogP contribution in [-0.2, 0) is 4.74 Å². The molecule has 0 saturated carbocycles. The molecule has 0 atom stereocenters. The molecule has 0 saturated heterocycles. The van der Waals surface area contributed by atoms with Gasteiger partial charge < -0.3 is 15.0 Å². The number of carbonyl (C=O) groups is 1. The van der Waals surface area contributed by atoms with Crippen molar-refractivity contribution >= 4 is 6.09 Å². The first-order chi connectivity index (χ1) is 7.02. The number of alkyl carbamates (subject to hydrolysis) is 1. The fourth-order valence-corrected chi connectivity index (χ4v) is 1.54. The number of nitrogens with zero attached hydrogens (tertiary/aromatic N) is 1. The van der Waals surface area contributed by atoms with Gasteiger partial charge in [0.05, 0.1) is 0 Å². The maximum atomic E-state index is 11.4. The number of hydrogen-bond donors (Lipinski definition) is 1. The van der Waals surface area contributed by atoms with Crippen molar-refractivity contribution in [1.82, 2.24) is 10.2 Å². The van der Waals surface area contributed by atoms with Crippen LogP contribution < -0.4 is 5.32 Å². The van der Waals surface area contributed by atoms with E-state index < -0.39 is 5.60 Å². The molecule has 16 heavy (non-hydrogen) atoms. The van der Waals surface area contributed by atoms with E-state index in [-0.39, 0.29) is 11.5 Å². The van der Waals surface area contributed by atoms with Crippen molar-refractivity contribution in [1.29, 1.82) is 0 Å². The van der Waals surface area contributed by atoms with Crippen LogP contribution in [0.1, 0.15) is 34.6 Å². The Morgan fingerprint density at radius 2 is 1.69 bits per heavy atom. The summed E-state index contributed by atoms with van der Waals surface area (Å²) in [6.45, 7) is 11.3. The van der Waals surface area contributed by atoms with Crippen molar-refractivity contribution < 1.29 is 9.53 Å². The molecule has 0 fully saturated rings. The summed E-state index contributed by atoms with van der Waals surface area (Å²) < 4.78 is 5.17. The van der Waals surface area contributed by atoms with Crippen LogP contribution in [0.3, 0.4) is 0 Å². The van der Waals surface area contributed by atoms with Gasteiger partial charge in [-0.15, -0.1) is 0 Å². The van der Waals surface area contributed by atoms with Gasteiger partial charge in [-0.3, -0.25) is 0 Å². The fraction of sp³-hybridized carbons (Fsp3) is 0.917. The van der Waals surface area contributed by atoms with E-state index in [4.69, 9.17) is 4.74 Å². The third-order valence-electron chi connectivity index (χ3n) is 1.85. The first kappa shape index (κ1) is 15.2. The predicted molar refractivity (Wildman–Crippen MR) is 66.6 cm³/mol. The molecule has 4 heteroatoms. The first-order valence-electron chi connectivity index (χ1n) is 5.63. The quantitative estimate of drug-likeness (QED) is 0.804. The smallest absolute Gasteiger partial charge is 0.407 e. The summed E-state index contributed by atoms with van der Waals surface area (Å²) >= 11 is 0. The first-order valence-corrected chi connectivity index (χ1v) is 5.63. The van der Waals surface area contributed by atoms with Gasteiger partial charge in [-0.25, -0.2) is 4.79 Å². The molecule has 0 aromatic carbocycles. The highest BCUT2D eigenvalue weighted by molar-refractivity contribution is 5.67. The second-order valence-electron chi connectivity index (χ2n) is 6.26. The van der Waals surface area contributed by atoms with E-state index in [1.165, 1.54) is 0 Å². The second-order valence-corrected chi connectivity index (χ2v) is 6.26. The van der Waals surface area contributed by atoms with E-state index in [9.17, 15) is 4.79 Å². The van der Waals surface area contributed by atoms with Gasteiger partial charge in [0.15, 0.2) is 0 Å². The zero-order valence-electron chi connectivity index (χ0n) is 11.7. The van der Waals surface area contributed by atoms with E-state index in [0.29, 0.717) is 6.54 Å². The summed E-state index contributed by atoms with van der Waals surface area (Å²) in [5, 5.41) is 2.80. The molecule has 0 unspecified atom stereocenters. The maximum Gasteiger partial charge on any atom is 0.407 e. The third kappa shape index (κ3) is 8.53. The van der Waals surface area contributed by atoms with Gasteiger partial charge in [0.2, 0.25) is 0 Å². The lowest BCUT2D eigenvalue weighted by Gasteiger charge is -2.29. The highest BCUT2D eigenvalue weighted by Gasteiger charge is 2.22. The molecular weight excluding hydrogens is 204 g/mol. The molecule has 0 aliphatic heterocycles. The minimum atomic E-state index is -0.435. The molecule has 0 bridgehead atoms. The molecule has 0 aromatic rings. The molecule has 0 heterocycles. The van der Waals surface area contributed by atoms with Gasteiger partial charge in [0.1, 0.15) is 5.60 Å². The molecule has 0 spiro atoms. The topological polar surface area (TPSA) is 41.6 Å². The average Bonchev–Trinajstić information content (AvgIpc) is 1.95. The van der Waals surface area contributed by atoms with Gasteiger partial charge >= 0.3 is 6.09 Å². The summed E-state index contributed by atoms with van der Waals surface area (Å²) in [5.74, 6) is 0. The van der Waals surface area contributed by atoms with Gasteiger partial charge in [-0.1, -0.05) is 13.8 Å². The summed E-state index contributed by atoms with van der Waals surface area (Å²) in [7, 11) is 4.05. The Morgan fingerprint density at radius 1 is 1.19 bits per heavy atom. The van der Waals surface area contributed by atoms with Crippen LogP contribution >= 0.6 is 0 Å². The van der Waals surface area contributed by atoms with Crippen LogP contribution in [0.25, 0.3) is 0 Å². The van der Waals surface area contributed by atoms with Crippen LogP contribution in [0.2, 0.25) is 0 Å². The Bertz CT molecular complexity index is 230. The number of amides is 1. The molecule has 4 nitrogen and oxygen atoms in total. The normalized spacial score (nSPS) is 12.8. The van der Waals surface area contributed by atoms with E-state index in [0.717, 1.165) is 6.54 Å². The van der Waals surface area contributed by atoms with Crippen LogP contribution in [0.15, 0.2) is 0 Å². The van der Waals surface area contributed by atoms with E-state index in [1.807, 2.05) is 34.9 Å². The lowest BCUT2D eigenvalue weighted by atomic mass is 9.93. The summed E-state index contributed by atoms with van der Waals surface area (Å²) in [5.41, 5.74) is -0.393. The molecule has 0 aliphatic rings. The second kappa shape index (κ2) is 5.53. The summed E-state index contributed by atoms with van der Waals surface area (Å²) in [6, 6.07) is 0. The number of nitrogens with one attached hydrogen (secondary N) is 1. The van der Waals surface area contributed by atoms with Crippen molar-refractivity contribution in [2.75, 3.05) is 27.2 Å². The van der Waals surface area contributed by atoms with Crippen molar-refractivity contribution in [3.05, 3.63) is 0 Å². The fourth-order valence-electron chi connectivity index (χ4n) is 1.54. The van der Waals surface area contributed by atoms with Crippen LogP contribution in [-0.4, -0.2) is 43.8 Å². The van der Waals surface area contributed by atoms with Crippen molar-refractivity contribution in [3.8, 4) is 0 Å². The van der Waals surface area contributed by atoms with E-state index >= 15 is 0 Å². The molecule has 0 rings (SSSR count). The Balaban J connectivity index is 4.00. The average molecular weight is 230 g/mol. The van der Waals surface area contributed by atoms with Gasteiger partial charge in [0.25, 0.3) is 0 Å². The molecule has 1 amide bonds. The Labute approximate surface area is 99.3 Å². The lowest BCUT2D eigenvalue weighted by molar-refractivity contribution is 0.0500. The standard InChI is InChI=1S/C12H26N2O2/c1-11(2,3)16-10(15)13-8-12(4,5)9-14(6)7/h8-9H2,1-7H3,(H,13,15). The lowest BCUT2D eigenvalue weighted by Crippen LogP contribution is -2.41. The zero-order chi connectivity index (χ0) is 13.0. The Kier molecular flexibility index (Phi) is 5.26. The predicted octanol–water partition coefficient (Wildman–Crippen LogP) is 2.10. The molecule has 0 radical (unpaired) electrons. The highest BCUT2D eigenvalue weighted by atomic mass is 16.6. The molecule has 0 aliphatic carbocycles. The Hall–Kier alpha value is -0.770. The van der Waals surface area contributed by atoms with E-state index in [1.54, 1.807) is 0 Å². The number of hydrogen-bond acceptors (Lipinski definition) is 3. The molecular formula is C12H26N2O2. The third-order valence-corrected chi connectivity index (χ3v) is 1.85. The number of rotatable bonds is 4.